The van der Waals surface area contributed by atoms with Crippen molar-refractivity contribution in [2.24, 2.45) is 0 Å². The second kappa shape index (κ2) is 3.83. The van der Waals surface area contributed by atoms with E-state index in [1.165, 1.54) is 11.8 Å². The van der Waals surface area contributed by atoms with Crippen LogP contribution in [0.5, 0.6) is 0 Å². The van der Waals surface area contributed by atoms with E-state index in [4.69, 9.17) is 0 Å². The Bertz CT molecular complexity index is 271. The first-order valence-electron chi connectivity index (χ1n) is 3.12. The van der Waals surface area contributed by atoms with Gasteiger partial charge in [-0.15, -0.1) is 12.6 Å². The number of thioether (sulfide) groups is 1. The van der Waals surface area contributed by atoms with Crippen molar-refractivity contribution in [2.45, 2.75) is 4.90 Å². The Morgan fingerprint density at radius 3 is 2.64 bits per heavy atom. The zero-order valence-electron chi connectivity index (χ0n) is 6.07. The van der Waals surface area contributed by atoms with E-state index in [0.29, 0.717) is 5.56 Å². The van der Waals surface area contributed by atoms with Crippen LogP contribution in [-0.4, -0.2) is 11.4 Å². The minimum Gasteiger partial charge on any atom is -0.282 e. The molecule has 0 aliphatic heterocycles. The normalized spacial score (nSPS) is 9.64. The molecule has 1 aromatic rings. The van der Waals surface area contributed by atoms with E-state index in [-0.39, 0.29) is 5.12 Å². The molecule has 0 radical (unpaired) electrons. The van der Waals surface area contributed by atoms with Crippen molar-refractivity contribution in [3.8, 4) is 0 Å². The monoisotopic (exact) mass is 184 g/mol. The standard InChI is InChI=1S/C8H8OS2/c1-11-8(9)6-4-2-3-5-7(6)10/h2-5,10H,1H3. The molecule has 0 atom stereocenters. The van der Waals surface area contributed by atoms with Crippen LogP contribution in [0.25, 0.3) is 0 Å². The van der Waals surface area contributed by atoms with Crippen LogP contribution in [0.2, 0.25) is 0 Å². The maximum atomic E-state index is 11.1. The molecule has 1 aromatic carbocycles. The van der Waals surface area contributed by atoms with E-state index in [0.717, 1.165) is 4.90 Å². The van der Waals surface area contributed by atoms with Crippen LogP contribution in [0.3, 0.4) is 0 Å². The van der Waals surface area contributed by atoms with Crippen molar-refractivity contribution < 1.29 is 4.79 Å². The molecule has 0 aliphatic carbocycles. The molecular weight excluding hydrogens is 176 g/mol. The van der Waals surface area contributed by atoms with Gasteiger partial charge in [0.1, 0.15) is 0 Å². The number of thiol groups is 1. The summed E-state index contributed by atoms with van der Waals surface area (Å²) in [6, 6.07) is 7.29. The van der Waals surface area contributed by atoms with Gasteiger partial charge in [-0.1, -0.05) is 23.9 Å². The summed E-state index contributed by atoms with van der Waals surface area (Å²) in [5.41, 5.74) is 0.684. The molecule has 0 fully saturated rings. The Hall–Kier alpha value is -0.410. The number of hydrogen-bond acceptors (Lipinski definition) is 3. The van der Waals surface area contributed by atoms with Gasteiger partial charge < -0.3 is 0 Å². The summed E-state index contributed by atoms with van der Waals surface area (Å²) in [4.78, 5) is 11.9. The van der Waals surface area contributed by atoms with Gasteiger partial charge in [0, 0.05) is 10.5 Å². The molecule has 0 bridgehead atoms. The summed E-state index contributed by atoms with van der Waals surface area (Å²) in [6.45, 7) is 0. The second-order valence-corrected chi connectivity index (χ2v) is 3.27. The summed E-state index contributed by atoms with van der Waals surface area (Å²) in [5.74, 6) is 0. The van der Waals surface area contributed by atoms with Gasteiger partial charge in [0.2, 0.25) is 5.12 Å². The first-order valence-corrected chi connectivity index (χ1v) is 4.79. The van der Waals surface area contributed by atoms with Crippen molar-refractivity contribution in [3.05, 3.63) is 29.8 Å². The van der Waals surface area contributed by atoms with Crippen LogP contribution in [0.15, 0.2) is 29.2 Å². The smallest absolute Gasteiger partial charge is 0.220 e. The molecule has 0 saturated heterocycles. The van der Waals surface area contributed by atoms with Crippen LogP contribution in [-0.2, 0) is 0 Å². The fraction of sp³-hybridized carbons (Fsp3) is 0.125. The lowest BCUT2D eigenvalue weighted by atomic mass is 10.2. The third-order valence-corrected chi connectivity index (χ3v) is 2.29. The lowest BCUT2D eigenvalue weighted by Gasteiger charge is -1.99. The first-order chi connectivity index (χ1) is 5.25. The van der Waals surface area contributed by atoms with Crippen LogP contribution in [0.1, 0.15) is 10.4 Å². The quantitative estimate of drug-likeness (QED) is 0.675. The Kier molecular flexibility index (Phi) is 3.02. The predicted molar refractivity (Wildman–Crippen MR) is 51.5 cm³/mol. The van der Waals surface area contributed by atoms with Crippen molar-refractivity contribution in [1.82, 2.24) is 0 Å². The van der Waals surface area contributed by atoms with Crippen LogP contribution >= 0.6 is 24.4 Å². The molecule has 1 rings (SSSR count). The summed E-state index contributed by atoms with van der Waals surface area (Å²) in [7, 11) is 0. The molecule has 0 aliphatic rings. The molecule has 0 N–H and O–H groups in total. The summed E-state index contributed by atoms with van der Waals surface area (Å²) < 4.78 is 0. The SMILES string of the molecule is CSC(=O)c1ccccc1S. The number of benzene rings is 1. The van der Waals surface area contributed by atoms with Gasteiger partial charge in [-0.3, -0.25) is 4.79 Å². The Morgan fingerprint density at radius 2 is 2.09 bits per heavy atom. The average Bonchev–Trinajstić information content (AvgIpc) is 2.04. The molecule has 1 nitrogen and oxygen atoms in total. The van der Waals surface area contributed by atoms with Crippen molar-refractivity contribution >= 4 is 29.5 Å². The maximum Gasteiger partial charge on any atom is 0.220 e. The predicted octanol–water partition coefficient (Wildman–Crippen LogP) is 2.48. The Labute approximate surface area is 75.6 Å². The van der Waals surface area contributed by atoms with E-state index in [9.17, 15) is 4.79 Å². The summed E-state index contributed by atoms with van der Waals surface area (Å²) >= 11 is 5.36. The van der Waals surface area contributed by atoms with E-state index in [1.807, 2.05) is 18.2 Å². The molecule has 0 spiro atoms. The lowest BCUT2D eigenvalue weighted by Crippen LogP contribution is -1.92. The second-order valence-electron chi connectivity index (χ2n) is 2.01. The van der Waals surface area contributed by atoms with E-state index in [2.05, 4.69) is 12.6 Å². The molecule has 3 heteroatoms. The number of carbonyl (C=O) groups is 1. The third-order valence-electron chi connectivity index (χ3n) is 1.31. The number of carbonyl (C=O) groups excluding carboxylic acids is 1. The topological polar surface area (TPSA) is 17.1 Å². The van der Waals surface area contributed by atoms with Crippen LogP contribution in [0, 0.1) is 0 Å². The highest BCUT2D eigenvalue weighted by molar-refractivity contribution is 8.13. The van der Waals surface area contributed by atoms with Gasteiger partial charge in [-0.25, -0.2) is 0 Å². The maximum absolute atomic E-state index is 11.1. The fourth-order valence-electron chi connectivity index (χ4n) is 0.756. The molecule has 0 saturated carbocycles. The van der Waals surface area contributed by atoms with Gasteiger partial charge in [0.05, 0.1) is 0 Å². The zero-order chi connectivity index (χ0) is 8.27. The highest BCUT2D eigenvalue weighted by atomic mass is 32.2. The van der Waals surface area contributed by atoms with Gasteiger partial charge in [0.15, 0.2) is 0 Å². The molecule has 0 heterocycles. The number of rotatable bonds is 1. The minimum absolute atomic E-state index is 0.0654. The molecule has 0 unspecified atom stereocenters. The van der Waals surface area contributed by atoms with E-state index >= 15 is 0 Å². The largest absolute Gasteiger partial charge is 0.282 e. The molecular formula is C8H8OS2. The van der Waals surface area contributed by atoms with E-state index in [1.54, 1.807) is 12.3 Å². The van der Waals surface area contributed by atoms with Crippen molar-refractivity contribution in [1.29, 1.82) is 0 Å². The third kappa shape index (κ3) is 2.01. The highest BCUT2D eigenvalue weighted by Gasteiger charge is 2.05. The summed E-state index contributed by atoms with van der Waals surface area (Å²) in [5, 5.41) is 0.0654. The van der Waals surface area contributed by atoms with Gasteiger partial charge in [-0.05, 0) is 18.4 Å². The van der Waals surface area contributed by atoms with Gasteiger partial charge in [0.25, 0.3) is 0 Å². The first kappa shape index (κ1) is 8.68. The van der Waals surface area contributed by atoms with Crippen LogP contribution < -0.4 is 0 Å². The lowest BCUT2D eigenvalue weighted by molar-refractivity contribution is 0.108. The van der Waals surface area contributed by atoms with Crippen LogP contribution in [0.4, 0.5) is 0 Å². The molecule has 0 amide bonds. The van der Waals surface area contributed by atoms with Gasteiger partial charge >= 0.3 is 0 Å². The van der Waals surface area contributed by atoms with Crippen molar-refractivity contribution in [3.63, 3.8) is 0 Å². The summed E-state index contributed by atoms with van der Waals surface area (Å²) in [6.07, 6.45) is 1.77. The Balaban J connectivity index is 3.03. The molecule has 0 aromatic heterocycles. The fourth-order valence-corrected chi connectivity index (χ4v) is 1.49. The van der Waals surface area contributed by atoms with E-state index < -0.39 is 0 Å². The van der Waals surface area contributed by atoms with Gasteiger partial charge in [-0.2, -0.15) is 0 Å². The molecule has 11 heavy (non-hydrogen) atoms. The minimum atomic E-state index is 0.0654. The molecule has 58 valence electrons. The van der Waals surface area contributed by atoms with Crippen molar-refractivity contribution in [2.75, 3.05) is 6.26 Å². The number of hydrogen-bond donors (Lipinski definition) is 1. The average molecular weight is 184 g/mol. The Morgan fingerprint density at radius 1 is 1.45 bits per heavy atom. The highest BCUT2D eigenvalue weighted by Crippen LogP contribution is 2.17. The zero-order valence-corrected chi connectivity index (χ0v) is 7.78.